The summed E-state index contributed by atoms with van der Waals surface area (Å²) >= 11 is 0. The zero-order chi connectivity index (χ0) is 18.7. The van der Waals surface area contributed by atoms with Crippen LogP contribution in [0.4, 0.5) is 4.39 Å². The molecule has 0 saturated carbocycles. The van der Waals surface area contributed by atoms with Crippen LogP contribution in [0.2, 0.25) is 0 Å². The summed E-state index contributed by atoms with van der Waals surface area (Å²) in [5.41, 5.74) is 5.01. The Morgan fingerprint density at radius 2 is 1.85 bits per heavy atom. The van der Waals surface area contributed by atoms with Crippen LogP contribution >= 0.6 is 0 Å². The van der Waals surface area contributed by atoms with Crippen molar-refractivity contribution in [1.82, 2.24) is 15.1 Å². The number of para-hydroxylation sites is 1. The lowest BCUT2D eigenvalue weighted by Gasteiger charge is -2.08. The normalized spacial score (nSPS) is 10.8. The average molecular weight is 351 g/mol. The van der Waals surface area contributed by atoms with Crippen LogP contribution in [0, 0.1) is 26.6 Å². The molecule has 0 fully saturated rings. The quantitative estimate of drug-likeness (QED) is 0.760. The van der Waals surface area contributed by atoms with Gasteiger partial charge in [0.15, 0.2) is 0 Å². The summed E-state index contributed by atoms with van der Waals surface area (Å²) in [7, 11) is 0. The maximum atomic E-state index is 13.6. The van der Waals surface area contributed by atoms with Crippen molar-refractivity contribution >= 4 is 5.91 Å². The Balaban J connectivity index is 1.69. The Morgan fingerprint density at radius 1 is 1.12 bits per heavy atom. The molecule has 0 spiro atoms. The Kier molecular flexibility index (Phi) is 5.16. The predicted molar refractivity (Wildman–Crippen MR) is 99.7 cm³/mol. The number of hydrogen-bond donors (Lipinski definition) is 1. The third-order valence-corrected chi connectivity index (χ3v) is 4.51. The number of carbonyl (C=O) groups is 1. The fraction of sp³-hybridized carbons (Fsp3) is 0.238. The number of carbonyl (C=O) groups excluding carboxylic acids is 1. The van der Waals surface area contributed by atoms with Crippen LogP contribution in [-0.4, -0.2) is 15.7 Å². The number of aryl methyl sites for hydroxylation is 2. The van der Waals surface area contributed by atoms with Gasteiger partial charge in [-0.3, -0.25) is 4.79 Å². The van der Waals surface area contributed by atoms with Gasteiger partial charge in [-0.15, -0.1) is 0 Å². The number of nitrogens with one attached hydrogen (secondary N) is 1. The van der Waals surface area contributed by atoms with Crippen LogP contribution in [0.5, 0.6) is 0 Å². The number of amides is 1. The van der Waals surface area contributed by atoms with E-state index in [1.54, 1.807) is 13.0 Å². The van der Waals surface area contributed by atoms with Crippen molar-refractivity contribution in [3.05, 3.63) is 82.4 Å². The molecular weight excluding hydrogens is 329 g/mol. The van der Waals surface area contributed by atoms with Crippen molar-refractivity contribution in [2.24, 2.45) is 0 Å². The molecule has 1 N–H and O–H groups in total. The van der Waals surface area contributed by atoms with E-state index < -0.39 is 0 Å². The SMILES string of the molecule is Cc1ccc(CNC(=O)Cc2c(C)nn(-c3ccccc3)c2C)cc1F. The van der Waals surface area contributed by atoms with E-state index in [1.165, 1.54) is 6.07 Å². The Morgan fingerprint density at radius 3 is 2.54 bits per heavy atom. The van der Waals surface area contributed by atoms with E-state index in [0.29, 0.717) is 12.1 Å². The Labute approximate surface area is 152 Å². The van der Waals surface area contributed by atoms with Gasteiger partial charge in [-0.05, 0) is 50.1 Å². The third-order valence-electron chi connectivity index (χ3n) is 4.51. The largest absolute Gasteiger partial charge is 0.352 e. The van der Waals surface area contributed by atoms with Crippen LogP contribution in [-0.2, 0) is 17.8 Å². The van der Waals surface area contributed by atoms with Crippen molar-refractivity contribution in [2.75, 3.05) is 0 Å². The maximum absolute atomic E-state index is 13.6. The molecule has 0 bridgehead atoms. The Bertz CT molecular complexity index is 932. The number of benzene rings is 2. The summed E-state index contributed by atoms with van der Waals surface area (Å²) < 4.78 is 15.5. The highest BCUT2D eigenvalue weighted by molar-refractivity contribution is 5.79. The molecule has 1 heterocycles. The lowest BCUT2D eigenvalue weighted by atomic mass is 10.1. The molecule has 0 aliphatic heterocycles. The molecule has 3 rings (SSSR count). The zero-order valence-electron chi connectivity index (χ0n) is 15.2. The van der Waals surface area contributed by atoms with Crippen molar-refractivity contribution < 1.29 is 9.18 Å². The van der Waals surface area contributed by atoms with Gasteiger partial charge in [0.1, 0.15) is 5.82 Å². The molecule has 0 radical (unpaired) electrons. The number of rotatable bonds is 5. The van der Waals surface area contributed by atoms with Gasteiger partial charge in [0.05, 0.1) is 17.8 Å². The minimum Gasteiger partial charge on any atom is -0.352 e. The van der Waals surface area contributed by atoms with Crippen LogP contribution in [0.1, 0.15) is 28.1 Å². The van der Waals surface area contributed by atoms with Crippen molar-refractivity contribution in [3.63, 3.8) is 0 Å². The topological polar surface area (TPSA) is 46.9 Å². The molecular formula is C21H22FN3O. The first kappa shape index (κ1) is 17.9. The zero-order valence-corrected chi connectivity index (χ0v) is 15.2. The van der Waals surface area contributed by atoms with Crippen molar-refractivity contribution in [1.29, 1.82) is 0 Å². The molecule has 1 amide bonds. The number of hydrogen-bond acceptors (Lipinski definition) is 2. The van der Waals surface area contributed by atoms with Gasteiger partial charge in [-0.25, -0.2) is 9.07 Å². The highest BCUT2D eigenvalue weighted by Crippen LogP contribution is 2.18. The standard InChI is InChI=1S/C21H22FN3O/c1-14-9-10-17(11-20(14)22)13-23-21(26)12-19-15(2)24-25(16(19)3)18-7-5-4-6-8-18/h4-11H,12-13H2,1-3H3,(H,23,26). The smallest absolute Gasteiger partial charge is 0.224 e. The first-order valence-electron chi connectivity index (χ1n) is 8.58. The van der Waals surface area contributed by atoms with Gasteiger partial charge in [-0.2, -0.15) is 5.10 Å². The average Bonchev–Trinajstić information content (AvgIpc) is 2.91. The second kappa shape index (κ2) is 7.52. The van der Waals surface area contributed by atoms with E-state index in [-0.39, 0.29) is 18.1 Å². The van der Waals surface area contributed by atoms with Gasteiger partial charge in [0.25, 0.3) is 0 Å². The van der Waals surface area contributed by atoms with Crippen LogP contribution in [0.25, 0.3) is 5.69 Å². The third kappa shape index (κ3) is 3.82. The van der Waals surface area contributed by atoms with Crippen molar-refractivity contribution in [3.8, 4) is 5.69 Å². The highest BCUT2D eigenvalue weighted by Gasteiger charge is 2.15. The molecule has 0 unspecified atom stereocenters. The van der Waals surface area contributed by atoms with Gasteiger partial charge in [0.2, 0.25) is 5.91 Å². The number of aromatic nitrogens is 2. The monoisotopic (exact) mass is 351 g/mol. The van der Waals surface area contributed by atoms with Gasteiger partial charge >= 0.3 is 0 Å². The first-order valence-corrected chi connectivity index (χ1v) is 8.58. The summed E-state index contributed by atoms with van der Waals surface area (Å²) in [5.74, 6) is -0.364. The molecule has 3 aromatic rings. The fourth-order valence-corrected chi connectivity index (χ4v) is 2.92. The molecule has 0 atom stereocenters. The second-order valence-corrected chi connectivity index (χ2v) is 6.43. The molecule has 4 nitrogen and oxygen atoms in total. The van der Waals surface area contributed by atoms with E-state index in [9.17, 15) is 9.18 Å². The molecule has 0 aliphatic carbocycles. The van der Waals surface area contributed by atoms with Crippen molar-refractivity contribution in [2.45, 2.75) is 33.7 Å². The second-order valence-electron chi connectivity index (χ2n) is 6.43. The molecule has 26 heavy (non-hydrogen) atoms. The van der Waals surface area contributed by atoms with E-state index in [0.717, 1.165) is 28.2 Å². The summed E-state index contributed by atoms with van der Waals surface area (Å²) in [5, 5.41) is 7.42. The molecule has 134 valence electrons. The van der Waals surface area contributed by atoms with Gasteiger partial charge in [0, 0.05) is 17.8 Å². The fourth-order valence-electron chi connectivity index (χ4n) is 2.92. The molecule has 5 heteroatoms. The molecule has 0 saturated heterocycles. The summed E-state index contributed by atoms with van der Waals surface area (Å²) in [6, 6.07) is 14.8. The minimum atomic E-state index is -0.257. The molecule has 1 aromatic heterocycles. The number of nitrogens with zero attached hydrogens (tertiary/aromatic N) is 2. The van der Waals surface area contributed by atoms with E-state index >= 15 is 0 Å². The van der Waals surface area contributed by atoms with Crippen LogP contribution in [0.15, 0.2) is 48.5 Å². The predicted octanol–water partition coefficient (Wildman–Crippen LogP) is 3.80. The van der Waals surface area contributed by atoms with E-state index in [2.05, 4.69) is 10.4 Å². The van der Waals surface area contributed by atoms with E-state index in [1.807, 2.05) is 54.9 Å². The van der Waals surface area contributed by atoms with Gasteiger partial charge in [-0.1, -0.05) is 30.3 Å². The number of halogens is 1. The molecule has 2 aromatic carbocycles. The molecule has 0 aliphatic rings. The van der Waals surface area contributed by atoms with Crippen LogP contribution < -0.4 is 5.32 Å². The summed E-state index contributed by atoms with van der Waals surface area (Å²) in [4.78, 5) is 12.3. The minimum absolute atomic E-state index is 0.107. The summed E-state index contributed by atoms with van der Waals surface area (Å²) in [6.45, 7) is 5.89. The maximum Gasteiger partial charge on any atom is 0.224 e. The van der Waals surface area contributed by atoms with Crippen LogP contribution in [0.3, 0.4) is 0 Å². The lowest BCUT2D eigenvalue weighted by molar-refractivity contribution is -0.120. The summed E-state index contributed by atoms with van der Waals surface area (Å²) in [6.07, 6.45) is 0.249. The van der Waals surface area contributed by atoms with Gasteiger partial charge < -0.3 is 5.32 Å². The first-order chi connectivity index (χ1) is 12.5. The lowest BCUT2D eigenvalue weighted by Crippen LogP contribution is -2.25. The highest BCUT2D eigenvalue weighted by atomic mass is 19.1. The Hall–Kier alpha value is -2.95. The van der Waals surface area contributed by atoms with E-state index in [4.69, 9.17) is 0 Å².